The maximum atomic E-state index is 11.9. The van der Waals surface area contributed by atoms with E-state index in [9.17, 15) is 9.59 Å². The molecule has 1 atom stereocenters. The van der Waals surface area contributed by atoms with Crippen LogP contribution in [-0.2, 0) is 9.59 Å². The van der Waals surface area contributed by atoms with Crippen molar-refractivity contribution in [1.82, 2.24) is 5.32 Å². The van der Waals surface area contributed by atoms with Crippen LogP contribution in [0.25, 0.3) is 0 Å². The molecule has 0 aliphatic carbocycles. The number of carboxylic acid groups (broad SMARTS) is 1. The van der Waals surface area contributed by atoms with Gasteiger partial charge in [0.2, 0.25) is 5.91 Å². The molecule has 120 valence electrons. The first-order valence-electron chi connectivity index (χ1n) is 7.26. The van der Waals surface area contributed by atoms with Crippen molar-refractivity contribution in [3.8, 4) is 11.5 Å². The molecule has 0 radical (unpaired) electrons. The van der Waals surface area contributed by atoms with Crippen LogP contribution in [-0.4, -0.2) is 42.8 Å². The second kappa shape index (κ2) is 7.65. The number of fused-ring (bicyclic) bond motifs is 1. The number of hydrogen-bond donors (Lipinski definition) is 3. The number of rotatable bonds is 7. The van der Waals surface area contributed by atoms with Crippen molar-refractivity contribution in [2.75, 3.05) is 25.1 Å². The van der Waals surface area contributed by atoms with Gasteiger partial charge < -0.3 is 19.9 Å². The molecule has 0 fully saturated rings. The molecule has 3 N–H and O–H groups in total. The van der Waals surface area contributed by atoms with E-state index < -0.39 is 12.0 Å². The minimum absolute atomic E-state index is 0.0641. The number of amides is 1. The summed E-state index contributed by atoms with van der Waals surface area (Å²) in [7, 11) is 0. The Balaban J connectivity index is 1.87. The van der Waals surface area contributed by atoms with E-state index in [2.05, 4.69) is 10.6 Å². The smallest absolute Gasteiger partial charge is 0.320 e. The lowest BCUT2D eigenvalue weighted by Crippen LogP contribution is -2.41. The third kappa shape index (κ3) is 4.36. The Bertz CT molecular complexity index is 547. The molecule has 0 saturated carbocycles. The van der Waals surface area contributed by atoms with Crippen molar-refractivity contribution in [3.63, 3.8) is 0 Å². The number of ether oxygens (including phenoxy) is 2. The molecule has 1 aliphatic rings. The van der Waals surface area contributed by atoms with Crippen LogP contribution in [0.1, 0.15) is 19.8 Å². The van der Waals surface area contributed by atoms with Gasteiger partial charge in [0.15, 0.2) is 11.5 Å². The number of hydrogen-bond acceptors (Lipinski definition) is 5. The van der Waals surface area contributed by atoms with Gasteiger partial charge in [-0.25, -0.2) is 0 Å². The van der Waals surface area contributed by atoms with E-state index >= 15 is 0 Å². The number of aliphatic carboxylic acids is 1. The zero-order chi connectivity index (χ0) is 15.9. The molecule has 7 heteroatoms. The van der Waals surface area contributed by atoms with Crippen LogP contribution < -0.4 is 20.1 Å². The van der Waals surface area contributed by atoms with E-state index in [1.54, 1.807) is 18.2 Å². The van der Waals surface area contributed by atoms with E-state index in [0.29, 0.717) is 36.8 Å². The normalized spacial score (nSPS) is 14.2. The average molecular weight is 308 g/mol. The lowest BCUT2D eigenvalue weighted by atomic mass is 10.1. The Hall–Kier alpha value is -2.28. The van der Waals surface area contributed by atoms with Gasteiger partial charge >= 0.3 is 5.97 Å². The minimum atomic E-state index is -0.950. The number of carboxylic acids is 1. The maximum absolute atomic E-state index is 11.9. The first-order valence-corrected chi connectivity index (χ1v) is 7.26. The molecule has 1 aromatic rings. The third-order valence-electron chi connectivity index (χ3n) is 3.21. The first-order chi connectivity index (χ1) is 10.6. The van der Waals surface area contributed by atoms with Gasteiger partial charge in [-0.2, -0.15) is 0 Å². The van der Waals surface area contributed by atoms with E-state index in [1.165, 1.54) is 0 Å². The standard InChI is InChI=1S/C15H20N2O5/c1-2-3-11(15(19)20)16-9-14(18)17-10-4-5-12-13(8-10)22-7-6-21-12/h4-5,8,11,16H,2-3,6-7,9H2,1H3,(H,17,18)(H,19,20). The molecular weight excluding hydrogens is 288 g/mol. The Morgan fingerprint density at radius 2 is 2.00 bits per heavy atom. The molecule has 7 nitrogen and oxygen atoms in total. The highest BCUT2D eigenvalue weighted by Crippen LogP contribution is 2.32. The molecule has 22 heavy (non-hydrogen) atoms. The summed E-state index contributed by atoms with van der Waals surface area (Å²) in [6.45, 7) is 2.82. The lowest BCUT2D eigenvalue weighted by Gasteiger charge is -2.19. The minimum Gasteiger partial charge on any atom is -0.486 e. The molecule has 1 heterocycles. The second-order valence-corrected chi connectivity index (χ2v) is 4.97. The molecule has 0 saturated heterocycles. The maximum Gasteiger partial charge on any atom is 0.320 e. The third-order valence-corrected chi connectivity index (χ3v) is 3.21. The summed E-state index contributed by atoms with van der Waals surface area (Å²) in [5.74, 6) is -0.0179. The van der Waals surface area contributed by atoms with Gasteiger partial charge in [-0.1, -0.05) is 13.3 Å². The summed E-state index contributed by atoms with van der Waals surface area (Å²) in [6.07, 6.45) is 1.21. The van der Waals surface area contributed by atoms with Crippen molar-refractivity contribution < 1.29 is 24.2 Å². The predicted octanol–water partition coefficient (Wildman–Crippen LogP) is 1.24. The summed E-state index contributed by atoms with van der Waals surface area (Å²) in [5, 5.41) is 14.4. The van der Waals surface area contributed by atoms with Crippen LogP contribution in [0.4, 0.5) is 5.69 Å². The second-order valence-electron chi connectivity index (χ2n) is 4.97. The van der Waals surface area contributed by atoms with Gasteiger partial charge in [-0.05, 0) is 18.6 Å². The van der Waals surface area contributed by atoms with Gasteiger partial charge in [0.05, 0.1) is 6.54 Å². The van der Waals surface area contributed by atoms with Crippen LogP contribution >= 0.6 is 0 Å². The van der Waals surface area contributed by atoms with E-state index in [4.69, 9.17) is 14.6 Å². The molecule has 2 rings (SSSR count). The molecule has 1 unspecified atom stereocenters. The summed E-state index contributed by atoms with van der Waals surface area (Å²) in [5.41, 5.74) is 0.582. The number of benzene rings is 1. The summed E-state index contributed by atoms with van der Waals surface area (Å²) < 4.78 is 10.8. The molecule has 0 bridgehead atoms. The van der Waals surface area contributed by atoms with Gasteiger partial charge in [-0.3, -0.25) is 14.9 Å². The number of carbonyl (C=O) groups is 2. The molecule has 1 aromatic carbocycles. The summed E-state index contributed by atoms with van der Waals surface area (Å²) >= 11 is 0. The summed E-state index contributed by atoms with van der Waals surface area (Å²) in [4.78, 5) is 22.9. The highest BCUT2D eigenvalue weighted by atomic mass is 16.6. The number of nitrogens with one attached hydrogen (secondary N) is 2. The largest absolute Gasteiger partial charge is 0.486 e. The molecule has 1 aliphatic heterocycles. The quantitative estimate of drug-likeness (QED) is 0.701. The van der Waals surface area contributed by atoms with Gasteiger partial charge in [0.25, 0.3) is 0 Å². The van der Waals surface area contributed by atoms with Crippen molar-refractivity contribution in [2.24, 2.45) is 0 Å². The highest BCUT2D eigenvalue weighted by Gasteiger charge is 2.17. The Kier molecular flexibility index (Phi) is 5.60. The van der Waals surface area contributed by atoms with E-state index in [1.807, 2.05) is 6.92 Å². The predicted molar refractivity (Wildman–Crippen MR) is 80.4 cm³/mol. The Morgan fingerprint density at radius 3 is 2.68 bits per heavy atom. The zero-order valence-corrected chi connectivity index (χ0v) is 12.4. The van der Waals surface area contributed by atoms with Crippen molar-refractivity contribution in [3.05, 3.63) is 18.2 Å². The topological polar surface area (TPSA) is 96.9 Å². The van der Waals surface area contributed by atoms with Gasteiger partial charge in [-0.15, -0.1) is 0 Å². The number of carbonyl (C=O) groups excluding carboxylic acids is 1. The van der Waals surface area contributed by atoms with Crippen LogP contribution in [0.3, 0.4) is 0 Å². The van der Waals surface area contributed by atoms with Crippen LogP contribution in [0, 0.1) is 0 Å². The lowest BCUT2D eigenvalue weighted by molar-refractivity contribution is -0.139. The monoisotopic (exact) mass is 308 g/mol. The first kappa shape index (κ1) is 16.1. The number of anilines is 1. The van der Waals surface area contributed by atoms with Crippen molar-refractivity contribution in [2.45, 2.75) is 25.8 Å². The SMILES string of the molecule is CCCC(NCC(=O)Nc1ccc2c(c1)OCCO2)C(=O)O. The Morgan fingerprint density at radius 1 is 1.27 bits per heavy atom. The fraction of sp³-hybridized carbons (Fsp3) is 0.467. The van der Waals surface area contributed by atoms with Gasteiger partial charge in [0, 0.05) is 11.8 Å². The Labute approximate surface area is 128 Å². The molecular formula is C15H20N2O5. The van der Waals surface area contributed by atoms with Crippen molar-refractivity contribution >= 4 is 17.6 Å². The van der Waals surface area contributed by atoms with Crippen LogP contribution in [0.15, 0.2) is 18.2 Å². The average Bonchev–Trinajstić information content (AvgIpc) is 2.51. The highest BCUT2D eigenvalue weighted by molar-refractivity contribution is 5.93. The van der Waals surface area contributed by atoms with Gasteiger partial charge in [0.1, 0.15) is 19.3 Å². The molecule has 1 amide bonds. The van der Waals surface area contributed by atoms with Crippen LogP contribution in [0.2, 0.25) is 0 Å². The fourth-order valence-electron chi connectivity index (χ4n) is 2.14. The van der Waals surface area contributed by atoms with Crippen molar-refractivity contribution in [1.29, 1.82) is 0 Å². The van der Waals surface area contributed by atoms with E-state index in [0.717, 1.165) is 6.42 Å². The zero-order valence-electron chi connectivity index (χ0n) is 12.4. The summed E-state index contributed by atoms with van der Waals surface area (Å²) in [6, 6.07) is 4.42. The fourth-order valence-corrected chi connectivity index (χ4v) is 2.14. The molecule has 0 spiro atoms. The molecule has 0 aromatic heterocycles. The van der Waals surface area contributed by atoms with Crippen LogP contribution in [0.5, 0.6) is 11.5 Å². The van der Waals surface area contributed by atoms with E-state index in [-0.39, 0.29) is 12.5 Å².